The van der Waals surface area contributed by atoms with Crippen LogP contribution in [-0.4, -0.2) is 28.5 Å². The summed E-state index contributed by atoms with van der Waals surface area (Å²) in [6.07, 6.45) is 4.25. The van der Waals surface area contributed by atoms with Gasteiger partial charge in [-0.1, -0.05) is 6.92 Å². The quantitative estimate of drug-likeness (QED) is 0.804. The third-order valence-electron chi connectivity index (χ3n) is 3.96. The fourth-order valence-electron chi connectivity index (χ4n) is 2.77. The van der Waals surface area contributed by atoms with Crippen molar-refractivity contribution in [2.45, 2.75) is 72.3 Å². The molecule has 0 amide bonds. The molecule has 1 fully saturated rings. The lowest BCUT2D eigenvalue weighted by Gasteiger charge is -2.12. The van der Waals surface area contributed by atoms with E-state index in [2.05, 4.69) is 42.8 Å². The first-order valence-electron chi connectivity index (χ1n) is 7.50. The number of hydrogen-bond donors (Lipinski definition) is 1. The van der Waals surface area contributed by atoms with E-state index < -0.39 is 0 Å². The lowest BCUT2D eigenvalue weighted by atomic mass is 10.2. The Labute approximate surface area is 116 Å². The SMILES string of the molecule is CCCNCc1c(C)nn(CC2CCC(C)O2)c1C. The van der Waals surface area contributed by atoms with Gasteiger partial charge in [0.05, 0.1) is 24.4 Å². The Bertz CT molecular complexity index is 414. The van der Waals surface area contributed by atoms with Gasteiger partial charge in [0.15, 0.2) is 0 Å². The van der Waals surface area contributed by atoms with E-state index in [0.717, 1.165) is 31.7 Å². The summed E-state index contributed by atoms with van der Waals surface area (Å²) in [6, 6.07) is 0. The maximum atomic E-state index is 5.89. The van der Waals surface area contributed by atoms with Crippen molar-refractivity contribution in [1.29, 1.82) is 0 Å². The van der Waals surface area contributed by atoms with E-state index in [0.29, 0.717) is 12.2 Å². The number of aryl methyl sites for hydroxylation is 1. The Hall–Kier alpha value is -0.870. The first kappa shape index (κ1) is 14.5. The van der Waals surface area contributed by atoms with Gasteiger partial charge < -0.3 is 10.1 Å². The average molecular weight is 265 g/mol. The molecular weight excluding hydrogens is 238 g/mol. The molecule has 2 heterocycles. The molecule has 0 aromatic carbocycles. The van der Waals surface area contributed by atoms with Gasteiger partial charge in [-0.05, 0) is 46.6 Å². The van der Waals surface area contributed by atoms with Crippen molar-refractivity contribution in [3.05, 3.63) is 17.0 Å². The Morgan fingerprint density at radius 3 is 2.79 bits per heavy atom. The molecule has 0 radical (unpaired) electrons. The molecule has 1 N–H and O–H groups in total. The van der Waals surface area contributed by atoms with E-state index in [1.165, 1.54) is 24.1 Å². The van der Waals surface area contributed by atoms with Crippen LogP contribution in [0, 0.1) is 13.8 Å². The van der Waals surface area contributed by atoms with Crippen LogP contribution in [0.1, 0.15) is 50.1 Å². The van der Waals surface area contributed by atoms with Gasteiger partial charge in [0.25, 0.3) is 0 Å². The molecule has 4 nitrogen and oxygen atoms in total. The van der Waals surface area contributed by atoms with E-state index in [1.54, 1.807) is 0 Å². The molecule has 0 spiro atoms. The number of ether oxygens (including phenoxy) is 1. The first-order valence-corrected chi connectivity index (χ1v) is 7.50. The third kappa shape index (κ3) is 3.57. The van der Waals surface area contributed by atoms with Crippen LogP contribution >= 0.6 is 0 Å². The molecule has 1 saturated heterocycles. The zero-order chi connectivity index (χ0) is 13.8. The number of nitrogens with zero attached hydrogens (tertiary/aromatic N) is 2. The van der Waals surface area contributed by atoms with Crippen molar-refractivity contribution >= 4 is 0 Å². The standard InChI is InChI=1S/C15H27N3O/c1-5-8-16-9-15-12(3)17-18(13(15)4)10-14-7-6-11(2)19-14/h11,14,16H,5-10H2,1-4H3. The van der Waals surface area contributed by atoms with Gasteiger partial charge in [0.1, 0.15) is 0 Å². The van der Waals surface area contributed by atoms with Crippen LogP contribution in [0.2, 0.25) is 0 Å². The van der Waals surface area contributed by atoms with Crippen molar-refractivity contribution in [3.8, 4) is 0 Å². The van der Waals surface area contributed by atoms with E-state index in [9.17, 15) is 0 Å². The molecule has 1 aromatic rings. The van der Waals surface area contributed by atoms with Gasteiger partial charge in [-0.25, -0.2) is 0 Å². The monoisotopic (exact) mass is 265 g/mol. The third-order valence-corrected chi connectivity index (χ3v) is 3.96. The topological polar surface area (TPSA) is 39.1 Å². The maximum Gasteiger partial charge on any atom is 0.0775 e. The Morgan fingerprint density at radius 1 is 1.37 bits per heavy atom. The Morgan fingerprint density at radius 2 is 2.16 bits per heavy atom. The van der Waals surface area contributed by atoms with Crippen molar-refractivity contribution in [1.82, 2.24) is 15.1 Å². The van der Waals surface area contributed by atoms with Crippen molar-refractivity contribution in [2.24, 2.45) is 0 Å². The highest BCUT2D eigenvalue weighted by Crippen LogP contribution is 2.22. The summed E-state index contributed by atoms with van der Waals surface area (Å²) in [6.45, 7) is 11.5. The van der Waals surface area contributed by atoms with E-state index in [1.807, 2.05) is 0 Å². The van der Waals surface area contributed by atoms with E-state index in [4.69, 9.17) is 4.74 Å². The fraction of sp³-hybridized carbons (Fsp3) is 0.800. The molecule has 1 aliphatic rings. The zero-order valence-corrected chi connectivity index (χ0v) is 12.7. The second-order valence-electron chi connectivity index (χ2n) is 5.65. The van der Waals surface area contributed by atoms with Crippen LogP contribution in [-0.2, 0) is 17.8 Å². The van der Waals surface area contributed by atoms with Crippen LogP contribution < -0.4 is 5.32 Å². The molecule has 19 heavy (non-hydrogen) atoms. The summed E-state index contributed by atoms with van der Waals surface area (Å²) < 4.78 is 8.02. The Balaban J connectivity index is 1.99. The molecule has 4 heteroatoms. The lowest BCUT2D eigenvalue weighted by molar-refractivity contribution is 0.0433. The molecule has 2 unspecified atom stereocenters. The van der Waals surface area contributed by atoms with E-state index >= 15 is 0 Å². The van der Waals surface area contributed by atoms with Crippen molar-refractivity contribution < 1.29 is 4.74 Å². The summed E-state index contributed by atoms with van der Waals surface area (Å²) in [7, 11) is 0. The zero-order valence-electron chi connectivity index (χ0n) is 12.7. The second kappa shape index (κ2) is 6.53. The average Bonchev–Trinajstić information content (AvgIpc) is 2.88. The van der Waals surface area contributed by atoms with Crippen LogP contribution in [0.3, 0.4) is 0 Å². The van der Waals surface area contributed by atoms with Gasteiger partial charge in [-0.2, -0.15) is 5.10 Å². The van der Waals surface area contributed by atoms with E-state index in [-0.39, 0.29) is 0 Å². The molecule has 1 aromatic heterocycles. The summed E-state index contributed by atoms with van der Waals surface area (Å²) in [5, 5.41) is 8.14. The molecule has 0 saturated carbocycles. The van der Waals surface area contributed by atoms with Crippen LogP contribution in [0.4, 0.5) is 0 Å². The molecule has 2 rings (SSSR count). The number of nitrogens with one attached hydrogen (secondary N) is 1. The predicted octanol–water partition coefficient (Wildman–Crippen LogP) is 2.57. The van der Waals surface area contributed by atoms with Gasteiger partial charge in [-0.3, -0.25) is 4.68 Å². The highest BCUT2D eigenvalue weighted by molar-refractivity contribution is 5.24. The van der Waals surface area contributed by atoms with Gasteiger partial charge in [0, 0.05) is 17.8 Å². The van der Waals surface area contributed by atoms with Crippen LogP contribution in [0.5, 0.6) is 0 Å². The summed E-state index contributed by atoms with van der Waals surface area (Å²) in [5.74, 6) is 0. The van der Waals surface area contributed by atoms with Crippen LogP contribution in [0.25, 0.3) is 0 Å². The minimum atomic E-state index is 0.337. The smallest absolute Gasteiger partial charge is 0.0775 e. The number of rotatable bonds is 6. The summed E-state index contributed by atoms with van der Waals surface area (Å²) >= 11 is 0. The minimum absolute atomic E-state index is 0.337. The highest BCUT2D eigenvalue weighted by Gasteiger charge is 2.23. The summed E-state index contributed by atoms with van der Waals surface area (Å²) in [4.78, 5) is 0. The molecule has 0 aliphatic carbocycles. The molecule has 108 valence electrons. The van der Waals surface area contributed by atoms with Crippen molar-refractivity contribution in [2.75, 3.05) is 6.54 Å². The first-order chi connectivity index (χ1) is 9.11. The van der Waals surface area contributed by atoms with Gasteiger partial charge in [-0.15, -0.1) is 0 Å². The predicted molar refractivity (Wildman–Crippen MR) is 77.3 cm³/mol. The molecule has 2 atom stereocenters. The molecular formula is C15H27N3O. The maximum absolute atomic E-state index is 5.89. The molecule has 1 aliphatic heterocycles. The van der Waals surface area contributed by atoms with Crippen molar-refractivity contribution in [3.63, 3.8) is 0 Å². The lowest BCUT2D eigenvalue weighted by Crippen LogP contribution is -2.19. The largest absolute Gasteiger partial charge is 0.373 e. The molecule has 0 bridgehead atoms. The van der Waals surface area contributed by atoms with Gasteiger partial charge in [0.2, 0.25) is 0 Å². The normalized spacial score (nSPS) is 23.2. The number of hydrogen-bond acceptors (Lipinski definition) is 3. The minimum Gasteiger partial charge on any atom is -0.373 e. The van der Waals surface area contributed by atoms with Gasteiger partial charge >= 0.3 is 0 Å². The van der Waals surface area contributed by atoms with Crippen LogP contribution in [0.15, 0.2) is 0 Å². The highest BCUT2D eigenvalue weighted by atomic mass is 16.5. The second-order valence-corrected chi connectivity index (χ2v) is 5.65. The fourth-order valence-corrected chi connectivity index (χ4v) is 2.77. The summed E-state index contributed by atoms with van der Waals surface area (Å²) in [5.41, 5.74) is 3.77. The number of aromatic nitrogens is 2. The Kier molecular flexibility index (Phi) is 4.99.